The van der Waals surface area contributed by atoms with Crippen LogP contribution in [0, 0.1) is 6.92 Å². The number of hydrogen-bond acceptors (Lipinski definition) is 2. The molecule has 36 heavy (non-hydrogen) atoms. The fourth-order valence-corrected chi connectivity index (χ4v) is 6.02. The zero-order chi connectivity index (χ0) is 31.5. The Bertz CT molecular complexity index is 1930. The summed E-state index contributed by atoms with van der Waals surface area (Å²) in [5.74, 6) is -2.81. The number of pyridine rings is 2. The first-order valence-corrected chi connectivity index (χ1v) is 12.6. The van der Waals surface area contributed by atoms with E-state index >= 15 is 0 Å². The van der Waals surface area contributed by atoms with Crippen molar-refractivity contribution in [3.05, 3.63) is 70.9 Å². The van der Waals surface area contributed by atoms with Gasteiger partial charge in [-0.15, -0.1) is 0 Å². The van der Waals surface area contributed by atoms with E-state index in [0.717, 1.165) is 40.1 Å². The summed E-state index contributed by atoms with van der Waals surface area (Å²) in [6, 6.07) is 13.4. The highest BCUT2D eigenvalue weighted by molar-refractivity contribution is 6.11. The highest BCUT2D eigenvalue weighted by Gasteiger charge is 2.38. The number of furan rings is 1. The summed E-state index contributed by atoms with van der Waals surface area (Å²) in [6.45, 7) is 4.91. The van der Waals surface area contributed by atoms with E-state index in [9.17, 15) is 0 Å². The van der Waals surface area contributed by atoms with Crippen LogP contribution in [0.5, 0.6) is 0 Å². The zero-order valence-corrected chi connectivity index (χ0v) is 21.8. The average Bonchev–Trinajstić information content (AvgIpc) is 3.25. The Morgan fingerprint density at radius 1 is 1.00 bits per heavy atom. The molecule has 0 radical (unpaired) electrons. The van der Waals surface area contributed by atoms with Gasteiger partial charge in [-0.25, -0.2) is 9.55 Å². The van der Waals surface area contributed by atoms with Crippen LogP contribution in [0.25, 0.3) is 44.2 Å². The lowest BCUT2D eigenvalue weighted by molar-refractivity contribution is -0.660. The first kappa shape index (κ1) is 16.5. The molecule has 0 atom stereocenters. The van der Waals surface area contributed by atoms with Crippen molar-refractivity contribution >= 4 is 33.0 Å². The van der Waals surface area contributed by atoms with E-state index in [0.29, 0.717) is 22.6 Å². The summed E-state index contributed by atoms with van der Waals surface area (Å²) in [5.41, 5.74) is 6.64. The first-order chi connectivity index (χ1) is 19.8. The van der Waals surface area contributed by atoms with Gasteiger partial charge in [0.25, 0.3) is 0 Å². The van der Waals surface area contributed by atoms with Crippen molar-refractivity contribution in [2.24, 2.45) is 7.05 Å². The van der Waals surface area contributed by atoms with Crippen molar-refractivity contribution in [1.82, 2.24) is 4.98 Å². The molecule has 0 amide bonds. The van der Waals surface area contributed by atoms with Gasteiger partial charge in [-0.3, -0.25) is 0 Å². The van der Waals surface area contributed by atoms with Gasteiger partial charge in [0.05, 0.1) is 11.1 Å². The second-order valence-electron chi connectivity index (χ2n) is 11.7. The van der Waals surface area contributed by atoms with Gasteiger partial charge in [0.1, 0.15) is 7.05 Å². The largest absolute Gasteiger partial charge is 0.437 e. The molecule has 2 aromatic carbocycles. The third-order valence-electron chi connectivity index (χ3n) is 8.28. The Hall–Kier alpha value is -3.20. The summed E-state index contributed by atoms with van der Waals surface area (Å²) in [6.07, 6.45) is 3.77. The molecule has 0 fully saturated rings. The number of aryl methyl sites for hydroxylation is 2. The molecular weight excluding hydrogens is 440 g/mol. The molecule has 3 nitrogen and oxygen atoms in total. The Morgan fingerprint density at radius 3 is 2.56 bits per heavy atom. The lowest BCUT2D eigenvalue weighted by Crippen LogP contribution is -2.34. The number of fused-ring (bicyclic) bond motifs is 6. The normalized spacial score (nSPS) is 20.7. The Labute approximate surface area is 224 Å². The Morgan fingerprint density at radius 2 is 1.78 bits per heavy atom. The van der Waals surface area contributed by atoms with Crippen LogP contribution in [-0.4, -0.2) is 4.98 Å². The maximum atomic E-state index is 8.75. The molecule has 0 unspecified atom stereocenters. The van der Waals surface area contributed by atoms with Gasteiger partial charge in [-0.1, -0.05) is 65.7 Å². The standard InChI is InChI=1S/C33H37N2O/c1-19(2)21-13-16-35(8)26(18-21)27-20(3)9-11-23-24-17-22-10-12-25-28(29(22)34-31(24)36-30(23)27)33(6,7)15-14-32(25,4)5/h9-13,16-19H,14-15H2,1-8H3/q+1/i1D3,2D3,19D. The van der Waals surface area contributed by atoms with Gasteiger partial charge in [-0.2, -0.15) is 0 Å². The molecule has 1 aliphatic carbocycles. The second kappa shape index (κ2) is 7.65. The molecule has 0 N–H and O–H groups in total. The number of benzene rings is 2. The van der Waals surface area contributed by atoms with Crippen LogP contribution in [0.1, 0.15) is 92.0 Å². The van der Waals surface area contributed by atoms with E-state index in [1.54, 1.807) is 17.8 Å². The summed E-state index contributed by atoms with van der Waals surface area (Å²) in [7, 11) is 1.80. The van der Waals surface area contributed by atoms with Crippen LogP contribution in [0.15, 0.2) is 53.1 Å². The minimum atomic E-state index is -3.08. The zero-order valence-electron chi connectivity index (χ0n) is 28.8. The quantitative estimate of drug-likeness (QED) is 0.235. The summed E-state index contributed by atoms with van der Waals surface area (Å²) < 4.78 is 65.1. The van der Waals surface area contributed by atoms with E-state index in [-0.39, 0.29) is 16.4 Å². The third kappa shape index (κ3) is 3.32. The van der Waals surface area contributed by atoms with E-state index < -0.39 is 19.6 Å². The lowest BCUT2D eigenvalue weighted by Gasteiger charge is -2.42. The van der Waals surface area contributed by atoms with Crippen LogP contribution < -0.4 is 4.57 Å². The Kier molecular flexibility index (Phi) is 3.51. The minimum absolute atomic E-state index is 0.0404. The molecule has 184 valence electrons. The molecule has 6 rings (SSSR count). The summed E-state index contributed by atoms with van der Waals surface area (Å²) in [5, 5.41) is 2.77. The van der Waals surface area contributed by atoms with E-state index in [1.807, 2.05) is 19.1 Å². The number of rotatable bonds is 2. The number of nitrogens with zero attached hydrogens (tertiary/aromatic N) is 2. The van der Waals surface area contributed by atoms with Crippen LogP contribution in [0.2, 0.25) is 0 Å². The van der Waals surface area contributed by atoms with Gasteiger partial charge in [0.15, 0.2) is 11.8 Å². The van der Waals surface area contributed by atoms with Crippen LogP contribution in [-0.2, 0) is 17.9 Å². The van der Waals surface area contributed by atoms with Crippen molar-refractivity contribution in [3.8, 4) is 11.3 Å². The lowest BCUT2D eigenvalue weighted by atomic mass is 9.62. The molecule has 0 spiro atoms. The van der Waals surface area contributed by atoms with Crippen LogP contribution >= 0.6 is 0 Å². The first-order valence-electron chi connectivity index (χ1n) is 16.1. The van der Waals surface area contributed by atoms with Gasteiger partial charge < -0.3 is 4.42 Å². The van der Waals surface area contributed by atoms with E-state index in [4.69, 9.17) is 19.0 Å². The highest BCUT2D eigenvalue weighted by Crippen LogP contribution is 2.49. The van der Waals surface area contributed by atoms with Crippen molar-refractivity contribution < 1.29 is 18.6 Å². The smallest absolute Gasteiger partial charge is 0.227 e. The van der Waals surface area contributed by atoms with Crippen molar-refractivity contribution in [3.63, 3.8) is 0 Å². The molecule has 0 saturated heterocycles. The topological polar surface area (TPSA) is 29.9 Å². The molecular formula is C33H37N2O+. The highest BCUT2D eigenvalue weighted by atomic mass is 16.3. The van der Waals surface area contributed by atoms with Crippen LogP contribution in [0.4, 0.5) is 0 Å². The second-order valence-corrected chi connectivity index (χ2v) is 11.7. The summed E-state index contributed by atoms with van der Waals surface area (Å²) >= 11 is 0. The van der Waals surface area contributed by atoms with E-state index in [2.05, 4.69) is 45.9 Å². The van der Waals surface area contributed by atoms with Crippen molar-refractivity contribution in [2.75, 3.05) is 0 Å². The Balaban J connectivity index is 1.64. The predicted molar refractivity (Wildman–Crippen MR) is 150 cm³/mol. The SMILES string of the molecule is [2H]C([2H])([2H])C([2H])(c1cc[n+](C)c(-c2c(C)ccc3c2oc2nc4c5c(ccc4cc23)C(C)(C)CCC5(C)C)c1)C([2H])([2H])[2H]. The van der Waals surface area contributed by atoms with Gasteiger partial charge in [-0.05, 0) is 64.8 Å². The fraction of sp³-hybridized carbons (Fsp3) is 0.394. The molecule has 0 saturated carbocycles. The minimum Gasteiger partial charge on any atom is -0.437 e. The average molecular weight is 485 g/mol. The maximum absolute atomic E-state index is 8.75. The predicted octanol–water partition coefficient (Wildman–Crippen LogP) is 8.41. The third-order valence-corrected chi connectivity index (χ3v) is 8.28. The van der Waals surface area contributed by atoms with Crippen molar-refractivity contribution in [1.29, 1.82) is 0 Å². The van der Waals surface area contributed by atoms with Crippen LogP contribution in [0.3, 0.4) is 0 Å². The maximum Gasteiger partial charge on any atom is 0.227 e. The molecule has 3 aromatic heterocycles. The molecule has 5 aromatic rings. The molecule has 3 heterocycles. The van der Waals surface area contributed by atoms with Crippen molar-refractivity contribution in [2.45, 2.75) is 77.9 Å². The monoisotopic (exact) mass is 484 g/mol. The molecule has 1 aliphatic rings. The summed E-state index contributed by atoms with van der Waals surface area (Å²) in [4.78, 5) is 5.15. The molecule has 0 bridgehead atoms. The number of hydrogen-bond donors (Lipinski definition) is 0. The molecule has 3 heteroatoms. The van der Waals surface area contributed by atoms with Gasteiger partial charge in [0, 0.05) is 37.9 Å². The molecule has 0 aliphatic heterocycles. The van der Waals surface area contributed by atoms with Gasteiger partial charge >= 0.3 is 0 Å². The van der Waals surface area contributed by atoms with E-state index in [1.165, 1.54) is 23.3 Å². The number of aromatic nitrogens is 2. The van der Waals surface area contributed by atoms with Gasteiger partial charge in [0.2, 0.25) is 11.4 Å². The fourth-order valence-electron chi connectivity index (χ4n) is 6.02.